The van der Waals surface area contributed by atoms with Crippen molar-refractivity contribution < 1.29 is 8.42 Å². The molecule has 1 aliphatic rings. The van der Waals surface area contributed by atoms with Crippen LogP contribution >= 0.6 is 0 Å². The summed E-state index contributed by atoms with van der Waals surface area (Å²) in [6.07, 6.45) is 3.37. The molecule has 0 amide bonds. The zero-order valence-corrected chi connectivity index (χ0v) is 12.0. The van der Waals surface area contributed by atoms with Gasteiger partial charge >= 0.3 is 0 Å². The van der Waals surface area contributed by atoms with Crippen LogP contribution in [0.4, 0.5) is 5.82 Å². The van der Waals surface area contributed by atoms with Crippen LogP contribution in [-0.2, 0) is 10.0 Å². The van der Waals surface area contributed by atoms with Gasteiger partial charge in [0, 0.05) is 18.8 Å². The van der Waals surface area contributed by atoms with Gasteiger partial charge in [0.05, 0.1) is 0 Å². The molecular weight excluding hydrogens is 264 g/mol. The minimum atomic E-state index is -3.55. The number of hydrogen-bond acceptors (Lipinski definition) is 5. The fourth-order valence-corrected chi connectivity index (χ4v) is 3.96. The van der Waals surface area contributed by atoms with Crippen LogP contribution in [0, 0.1) is 5.92 Å². The molecule has 0 atom stereocenters. The number of anilines is 1. The monoisotopic (exact) mass is 284 g/mol. The van der Waals surface area contributed by atoms with E-state index in [-0.39, 0.29) is 22.7 Å². The third-order valence-corrected chi connectivity index (χ3v) is 4.94. The number of rotatable bonds is 6. The van der Waals surface area contributed by atoms with Crippen LogP contribution in [-0.4, -0.2) is 30.3 Å². The second-order valence-corrected chi connectivity index (χ2v) is 7.05. The highest BCUT2D eigenvalue weighted by Gasteiger charge is 2.39. The summed E-state index contributed by atoms with van der Waals surface area (Å²) in [5, 5.41) is 0. The Labute approximate surface area is 114 Å². The number of nitrogens with one attached hydrogen (secondary N) is 1. The van der Waals surface area contributed by atoms with Crippen molar-refractivity contribution >= 4 is 15.8 Å². The Hall–Kier alpha value is -1.18. The van der Waals surface area contributed by atoms with Crippen molar-refractivity contribution in [2.24, 2.45) is 11.8 Å². The van der Waals surface area contributed by atoms with Crippen molar-refractivity contribution in [1.29, 1.82) is 0 Å². The Kier molecular flexibility index (Phi) is 4.07. The largest absolute Gasteiger partial charge is 0.307 e. The lowest BCUT2D eigenvalue weighted by Crippen LogP contribution is -2.36. The summed E-state index contributed by atoms with van der Waals surface area (Å²) >= 11 is 0. The molecule has 0 bridgehead atoms. The molecule has 0 aliphatic heterocycles. The summed E-state index contributed by atoms with van der Waals surface area (Å²) in [5.74, 6) is 5.82. The zero-order chi connectivity index (χ0) is 14.0. The Bertz CT molecular complexity index is 540. The van der Waals surface area contributed by atoms with Gasteiger partial charge in [0.15, 0.2) is 5.82 Å². The number of aromatic nitrogens is 1. The van der Waals surface area contributed by atoms with Gasteiger partial charge in [0.25, 0.3) is 0 Å². The molecule has 0 saturated heterocycles. The molecule has 6 nitrogen and oxygen atoms in total. The molecule has 0 radical (unpaired) electrons. The molecule has 1 aromatic heterocycles. The molecule has 2 rings (SSSR count). The molecule has 0 unspecified atom stereocenters. The SMILES string of the molecule is CC(C)CN(C1CC1)S(=O)(=O)c1cccnc1NN. The number of nitrogens with zero attached hydrogens (tertiary/aromatic N) is 2. The molecule has 1 saturated carbocycles. The van der Waals surface area contributed by atoms with Crippen LogP contribution in [0.1, 0.15) is 26.7 Å². The predicted octanol–water partition coefficient (Wildman–Crippen LogP) is 1.18. The summed E-state index contributed by atoms with van der Waals surface area (Å²) in [6.45, 7) is 4.54. The maximum atomic E-state index is 12.7. The number of nitrogens with two attached hydrogens (primary N) is 1. The van der Waals surface area contributed by atoms with E-state index < -0.39 is 10.0 Å². The van der Waals surface area contributed by atoms with E-state index in [2.05, 4.69) is 10.4 Å². The number of pyridine rings is 1. The van der Waals surface area contributed by atoms with Gasteiger partial charge in [-0.05, 0) is 30.9 Å². The van der Waals surface area contributed by atoms with Gasteiger partial charge in [-0.2, -0.15) is 4.31 Å². The smallest absolute Gasteiger partial charge is 0.247 e. The molecular formula is C12H20N4O2S. The van der Waals surface area contributed by atoms with Gasteiger partial charge in [0.2, 0.25) is 10.0 Å². The number of hydrogen-bond donors (Lipinski definition) is 2. The molecule has 106 valence electrons. The highest BCUT2D eigenvalue weighted by Crippen LogP contribution is 2.34. The van der Waals surface area contributed by atoms with E-state index >= 15 is 0 Å². The van der Waals surface area contributed by atoms with Crippen LogP contribution in [0.25, 0.3) is 0 Å². The fraction of sp³-hybridized carbons (Fsp3) is 0.583. The maximum absolute atomic E-state index is 12.7. The van der Waals surface area contributed by atoms with E-state index in [4.69, 9.17) is 5.84 Å². The minimum absolute atomic E-state index is 0.123. The van der Waals surface area contributed by atoms with Gasteiger partial charge in [-0.3, -0.25) is 0 Å². The first-order valence-corrected chi connectivity index (χ1v) is 7.84. The van der Waals surface area contributed by atoms with E-state index in [0.717, 1.165) is 12.8 Å². The number of sulfonamides is 1. The predicted molar refractivity (Wildman–Crippen MR) is 73.8 cm³/mol. The van der Waals surface area contributed by atoms with Crippen LogP contribution in [0.2, 0.25) is 0 Å². The Balaban J connectivity index is 2.39. The van der Waals surface area contributed by atoms with E-state index in [1.807, 2.05) is 13.8 Å². The van der Waals surface area contributed by atoms with Gasteiger partial charge in [-0.25, -0.2) is 19.2 Å². The normalized spacial score (nSPS) is 16.1. The van der Waals surface area contributed by atoms with Gasteiger partial charge < -0.3 is 5.43 Å². The average Bonchev–Trinajstić information content (AvgIpc) is 3.19. The first kappa shape index (κ1) is 14.2. The van der Waals surface area contributed by atoms with Gasteiger partial charge in [-0.1, -0.05) is 13.8 Å². The topological polar surface area (TPSA) is 88.3 Å². The zero-order valence-electron chi connectivity index (χ0n) is 11.2. The summed E-state index contributed by atoms with van der Waals surface area (Å²) in [5.41, 5.74) is 2.35. The number of hydrazine groups is 1. The van der Waals surface area contributed by atoms with Crippen molar-refractivity contribution in [3.05, 3.63) is 18.3 Å². The third kappa shape index (κ3) is 3.05. The van der Waals surface area contributed by atoms with E-state index in [9.17, 15) is 8.42 Å². The van der Waals surface area contributed by atoms with Crippen LogP contribution in [0.3, 0.4) is 0 Å². The Morgan fingerprint density at radius 2 is 2.21 bits per heavy atom. The molecule has 7 heteroatoms. The van der Waals surface area contributed by atoms with Crippen LogP contribution in [0.15, 0.2) is 23.2 Å². The van der Waals surface area contributed by atoms with E-state index in [1.165, 1.54) is 12.3 Å². The second kappa shape index (κ2) is 5.44. The molecule has 1 fully saturated rings. The quantitative estimate of drug-likeness (QED) is 0.605. The van der Waals surface area contributed by atoms with E-state index in [0.29, 0.717) is 6.54 Å². The van der Waals surface area contributed by atoms with Crippen molar-refractivity contribution in [2.45, 2.75) is 37.6 Å². The minimum Gasteiger partial charge on any atom is -0.307 e. The Morgan fingerprint density at radius 3 is 2.74 bits per heavy atom. The summed E-state index contributed by atoms with van der Waals surface area (Å²) in [4.78, 5) is 4.11. The number of nitrogen functional groups attached to an aromatic ring is 1. The van der Waals surface area contributed by atoms with E-state index in [1.54, 1.807) is 10.4 Å². The standard InChI is InChI=1S/C12H20N4O2S/c1-9(2)8-16(10-5-6-10)19(17,18)11-4-3-7-14-12(11)15-13/h3-4,7,9-10H,5-6,8,13H2,1-2H3,(H,14,15). The van der Waals surface area contributed by atoms with Gasteiger partial charge in [-0.15, -0.1) is 0 Å². The third-order valence-electron chi connectivity index (χ3n) is 2.99. The van der Waals surface area contributed by atoms with Gasteiger partial charge in [0.1, 0.15) is 4.90 Å². The lowest BCUT2D eigenvalue weighted by Gasteiger charge is -2.24. The van der Waals surface area contributed by atoms with Crippen molar-refractivity contribution in [3.63, 3.8) is 0 Å². The molecule has 3 N–H and O–H groups in total. The second-order valence-electron chi connectivity index (χ2n) is 5.19. The molecule has 19 heavy (non-hydrogen) atoms. The van der Waals surface area contributed by atoms with Crippen LogP contribution < -0.4 is 11.3 Å². The highest BCUT2D eigenvalue weighted by molar-refractivity contribution is 7.89. The average molecular weight is 284 g/mol. The summed E-state index contributed by atoms with van der Waals surface area (Å²) in [6, 6.07) is 3.26. The maximum Gasteiger partial charge on any atom is 0.247 e. The molecule has 1 heterocycles. The van der Waals surface area contributed by atoms with Crippen LogP contribution in [0.5, 0.6) is 0 Å². The molecule has 1 aromatic rings. The summed E-state index contributed by atoms with van der Waals surface area (Å²) in [7, 11) is -3.55. The first-order chi connectivity index (χ1) is 8.96. The first-order valence-electron chi connectivity index (χ1n) is 6.40. The highest BCUT2D eigenvalue weighted by atomic mass is 32.2. The molecule has 0 aromatic carbocycles. The molecule has 0 spiro atoms. The van der Waals surface area contributed by atoms with Crippen molar-refractivity contribution in [2.75, 3.05) is 12.0 Å². The summed E-state index contributed by atoms with van der Waals surface area (Å²) < 4.78 is 27.0. The van der Waals surface area contributed by atoms with Crippen molar-refractivity contribution in [3.8, 4) is 0 Å². The fourth-order valence-electron chi connectivity index (χ4n) is 2.00. The lowest BCUT2D eigenvalue weighted by atomic mass is 10.2. The lowest BCUT2D eigenvalue weighted by molar-refractivity contribution is 0.360. The molecule has 1 aliphatic carbocycles. The van der Waals surface area contributed by atoms with Crippen molar-refractivity contribution in [1.82, 2.24) is 9.29 Å². The Morgan fingerprint density at radius 1 is 1.53 bits per heavy atom.